The zero-order chi connectivity index (χ0) is 24.1. The molecule has 0 saturated carbocycles. The van der Waals surface area contributed by atoms with E-state index < -0.39 is 6.10 Å². The number of aliphatic hydroxyl groups excluding tert-OH is 1. The minimum absolute atomic E-state index is 0.111. The molecule has 3 nitrogen and oxygen atoms in total. The van der Waals surface area contributed by atoms with E-state index in [-0.39, 0.29) is 17.4 Å². The molecule has 2 aromatic rings. The monoisotopic (exact) mass is 457 g/mol. The third kappa shape index (κ3) is 7.95. The number of halogens is 1. The first-order chi connectivity index (χ1) is 14.8. The molecule has 2 aromatic carbocycles. The maximum Gasteiger partial charge on any atom is 0.126 e. The van der Waals surface area contributed by atoms with Gasteiger partial charge in [-0.15, -0.1) is 0 Å². The second-order valence-corrected chi connectivity index (χ2v) is 11.3. The summed E-state index contributed by atoms with van der Waals surface area (Å²) in [6, 6.07) is 12.6. The van der Waals surface area contributed by atoms with Gasteiger partial charge in [0.05, 0.1) is 0 Å². The van der Waals surface area contributed by atoms with Crippen molar-refractivity contribution >= 4 is 23.8 Å². The van der Waals surface area contributed by atoms with Crippen LogP contribution in [0.5, 0.6) is 5.75 Å². The number of benzene rings is 2. The Kier molecular flexibility index (Phi) is 8.98. The predicted octanol–water partition coefficient (Wildman–Crippen LogP) is 6.84. The van der Waals surface area contributed by atoms with Crippen molar-refractivity contribution in [3.63, 3.8) is 0 Å². The second-order valence-electron chi connectivity index (χ2n) is 10.9. The van der Waals surface area contributed by atoms with Crippen LogP contribution >= 0.6 is 11.6 Å². The molecule has 32 heavy (non-hydrogen) atoms. The zero-order valence-corrected chi connectivity index (χ0v) is 21.7. The van der Waals surface area contributed by atoms with Crippen molar-refractivity contribution in [2.45, 2.75) is 78.4 Å². The van der Waals surface area contributed by atoms with Gasteiger partial charge in [0, 0.05) is 28.7 Å². The van der Waals surface area contributed by atoms with Crippen molar-refractivity contribution in [2.24, 2.45) is 0 Å². The lowest BCUT2D eigenvalue weighted by Crippen LogP contribution is -2.35. The van der Waals surface area contributed by atoms with Crippen molar-refractivity contribution in [2.75, 3.05) is 13.2 Å². The normalized spacial score (nSPS) is 13.7. The summed E-state index contributed by atoms with van der Waals surface area (Å²) in [6.07, 6.45) is 3.67. The smallest absolute Gasteiger partial charge is 0.126 e. The van der Waals surface area contributed by atoms with E-state index in [1.165, 1.54) is 0 Å². The highest BCUT2D eigenvalue weighted by molar-refractivity contribution is 6.30. The average Bonchev–Trinajstić information content (AvgIpc) is 2.68. The molecule has 4 heteroatoms. The Morgan fingerprint density at radius 2 is 1.41 bits per heavy atom. The Balaban J connectivity index is 2.44. The topological polar surface area (TPSA) is 41.5 Å². The largest absolute Gasteiger partial charge is 0.490 e. The molecule has 0 aromatic heterocycles. The lowest BCUT2D eigenvalue weighted by molar-refractivity contribution is 0.102. The fraction of sp³-hybridized carbons (Fsp3) is 0.500. The van der Waals surface area contributed by atoms with Crippen molar-refractivity contribution in [1.29, 1.82) is 0 Å². The Morgan fingerprint density at radius 1 is 0.906 bits per heavy atom. The maximum atomic E-state index is 10.4. The van der Waals surface area contributed by atoms with Gasteiger partial charge in [-0.2, -0.15) is 0 Å². The van der Waals surface area contributed by atoms with Crippen LogP contribution < -0.4 is 10.1 Å². The molecule has 0 saturated heterocycles. The highest BCUT2D eigenvalue weighted by atomic mass is 35.5. The number of nitrogens with one attached hydrogen (secondary N) is 1. The van der Waals surface area contributed by atoms with Gasteiger partial charge in [0.15, 0.2) is 0 Å². The van der Waals surface area contributed by atoms with Crippen LogP contribution in [0.2, 0.25) is 5.02 Å². The van der Waals surface area contributed by atoms with Crippen LogP contribution in [0.15, 0.2) is 36.4 Å². The fourth-order valence-corrected chi connectivity index (χ4v) is 3.52. The fourth-order valence-electron chi connectivity index (χ4n) is 3.39. The molecule has 0 spiro atoms. The van der Waals surface area contributed by atoms with Gasteiger partial charge in [0.2, 0.25) is 0 Å². The number of hydrogen-bond donors (Lipinski definition) is 2. The molecule has 0 aliphatic rings. The summed E-state index contributed by atoms with van der Waals surface area (Å²) in [5, 5.41) is 14.4. The molecule has 0 radical (unpaired) electrons. The van der Waals surface area contributed by atoms with E-state index >= 15 is 0 Å². The van der Waals surface area contributed by atoms with Crippen LogP contribution in [0, 0.1) is 0 Å². The standard InChI is InChI=1S/C28H40ClNO2/c1-19(2)30-17-23(31)18-32-26-24(27(3,4)5)15-21(16-25(26)28(6,7)8)10-9-20-11-13-22(29)14-12-20/h9-16,19,23,30-31H,17-18H2,1-8H3/b10-9+. The van der Waals surface area contributed by atoms with E-state index in [0.717, 1.165) is 33.0 Å². The molecule has 2 rings (SSSR count). The highest BCUT2D eigenvalue weighted by Gasteiger charge is 2.28. The van der Waals surface area contributed by atoms with Gasteiger partial charge in [-0.05, 0) is 46.2 Å². The quantitative estimate of drug-likeness (QED) is 0.426. The summed E-state index contributed by atoms with van der Waals surface area (Å²) < 4.78 is 6.32. The summed E-state index contributed by atoms with van der Waals surface area (Å²) in [4.78, 5) is 0. The molecular formula is C28H40ClNO2. The van der Waals surface area contributed by atoms with Crippen LogP contribution in [0.4, 0.5) is 0 Å². The van der Waals surface area contributed by atoms with Gasteiger partial charge in [0.1, 0.15) is 18.5 Å². The van der Waals surface area contributed by atoms with Gasteiger partial charge >= 0.3 is 0 Å². The van der Waals surface area contributed by atoms with Crippen LogP contribution in [0.1, 0.15) is 77.6 Å². The number of aliphatic hydroxyl groups is 1. The van der Waals surface area contributed by atoms with Gasteiger partial charge in [-0.1, -0.05) is 91.3 Å². The summed E-state index contributed by atoms with van der Waals surface area (Å²) in [6.45, 7) is 18.1. The van der Waals surface area contributed by atoms with E-state index in [1.54, 1.807) is 0 Å². The second kappa shape index (κ2) is 10.9. The Hall–Kier alpha value is -1.81. The Labute approximate surface area is 199 Å². The Bertz CT molecular complexity index is 868. The minimum atomic E-state index is -0.567. The van der Waals surface area contributed by atoms with Crippen LogP contribution in [0.3, 0.4) is 0 Å². The molecular weight excluding hydrogens is 418 g/mol. The lowest BCUT2D eigenvalue weighted by Gasteiger charge is -2.31. The third-order valence-electron chi connectivity index (χ3n) is 5.25. The van der Waals surface area contributed by atoms with Gasteiger partial charge in [-0.25, -0.2) is 0 Å². The van der Waals surface area contributed by atoms with E-state index in [4.69, 9.17) is 16.3 Å². The zero-order valence-electron chi connectivity index (χ0n) is 20.9. The molecule has 0 bridgehead atoms. The van der Waals surface area contributed by atoms with Gasteiger partial charge in [0.25, 0.3) is 0 Å². The average molecular weight is 458 g/mol. The molecule has 1 unspecified atom stereocenters. The first-order valence-electron chi connectivity index (χ1n) is 11.4. The predicted molar refractivity (Wildman–Crippen MR) is 139 cm³/mol. The molecule has 176 valence electrons. The van der Waals surface area contributed by atoms with Gasteiger partial charge < -0.3 is 15.2 Å². The van der Waals surface area contributed by atoms with E-state index in [1.807, 2.05) is 24.3 Å². The molecule has 0 amide bonds. The van der Waals surface area contributed by atoms with Crippen LogP contribution in [0.25, 0.3) is 12.2 Å². The first kappa shape index (κ1) is 26.4. The van der Waals surface area contributed by atoms with Crippen molar-refractivity contribution in [1.82, 2.24) is 5.32 Å². The molecule has 0 aliphatic heterocycles. The van der Waals surface area contributed by atoms with Gasteiger partial charge in [-0.3, -0.25) is 0 Å². The number of hydrogen-bond acceptors (Lipinski definition) is 3. The van der Waals surface area contributed by atoms with E-state index in [9.17, 15) is 5.11 Å². The van der Waals surface area contributed by atoms with Crippen LogP contribution in [-0.4, -0.2) is 30.4 Å². The first-order valence-corrected chi connectivity index (χ1v) is 11.8. The van der Waals surface area contributed by atoms with Crippen molar-refractivity contribution < 1.29 is 9.84 Å². The number of rotatable bonds is 8. The molecule has 0 heterocycles. The molecule has 0 aliphatic carbocycles. The van der Waals surface area contributed by atoms with E-state index in [0.29, 0.717) is 12.6 Å². The van der Waals surface area contributed by atoms with Crippen molar-refractivity contribution in [3.8, 4) is 5.75 Å². The maximum absolute atomic E-state index is 10.4. The molecule has 1 atom stereocenters. The number of ether oxygens (including phenoxy) is 1. The molecule has 0 fully saturated rings. The summed E-state index contributed by atoms with van der Waals surface area (Å²) in [7, 11) is 0. The summed E-state index contributed by atoms with van der Waals surface area (Å²) in [5.74, 6) is 0.886. The van der Waals surface area contributed by atoms with E-state index in [2.05, 4.69) is 85.0 Å². The Morgan fingerprint density at radius 3 is 1.88 bits per heavy atom. The lowest BCUT2D eigenvalue weighted by atomic mass is 9.78. The highest BCUT2D eigenvalue weighted by Crippen LogP contribution is 2.41. The minimum Gasteiger partial charge on any atom is -0.490 e. The summed E-state index contributed by atoms with van der Waals surface area (Å²) in [5.41, 5.74) is 4.30. The van der Waals surface area contributed by atoms with Crippen LogP contribution in [-0.2, 0) is 10.8 Å². The SMILES string of the molecule is CC(C)NCC(O)COc1c(C(C)(C)C)cc(/C=C/c2ccc(Cl)cc2)cc1C(C)(C)C. The third-order valence-corrected chi connectivity index (χ3v) is 5.50. The molecule has 2 N–H and O–H groups in total. The van der Waals surface area contributed by atoms with Crippen molar-refractivity contribution in [3.05, 3.63) is 63.7 Å². The summed E-state index contributed by atoms with van der Waals surface area (Å²) >= 11 is 6.02.